The minimum Gasteiger partial charge on any atom is -0.278 e. The first-order valence-electron chi connectivity index (χ1n) is 22.4. The molecule has 0 bridgehead atoms. The molecule has 0 aliphatic carbocycles. The average Bonchev–Trinajstić information content (AvgIpc) is 3.87. The van der Waals surface area contributed by atoms with Gasteiger partial charge in [-0.3, -0.25) is 14.5 Å². The second kappa shape index (κ2) is 15.0. The SMILES string of the molecule is C=C1c2ccc(-c3ccc4c(c3)c3cc5c(cc3n4-c3nc(-c4ccccn4)cc(-c4ccccn4)n3)sc3cc(-c4cc(C)cc(C)c4)ccc35)cc2-c2cccc[n+]2C1(CC)CC. The standard InChI is InChI=1S/C58H45N6S/c1-6-58(7-2)37(5)42-20-17-38(29-44(42)52-16-10-13-25-63(52)58)39-19-22-53-45(30-39)46-32-47-43-21-18-40(41-27-35(3)26-36(4)28-41)31-55(43)65-56(47)34-54(46)64(53)57-61-50(48-14-8-11-23-59-48)33-51(62-57)49-15-9-12-24-60-49/h8-34H,5-7H2,1-4H3/q+1. The molecule has 0 fully saturated rings. The van der Waals surface area contributed by atoms with Crippen LogP contribution in [0.2, 0.25) is 0 Å². The molecule has 312 valence electrons. The van der Waals surface area contributed by atoms with Crippen LogP contribution in [0, 0.1) is 13.8 Å². The number of allylic oxidation sites excluding steroid dienone is 1. The summed E-state index contributed by atoms with van der Waals surface area (Å²) in [6.45, 7) is 13.6. The summed E-state index contributed by atoms with van der Waals surface area (Å²) < 4.78 is 7.16. The van der Waals surface area contributed by atoms with Crippen molar-refractivity contribution in [3.63, 3.8) is 0 Å². The second-order valence-electron chi connectivity index (χ2n) is 17.4. The molecule has 5 aromatic carbocycles. The van der Waals surface area contributed by atoms with E-state index in [9.17, 15) is 0 Å². The van der Waals surface area contributed by atoms with Gasteiger partial charge in [0.15, 0.2) is 11.7 Å². The molecular formula is C58H45N6S+. The first kappa shape index (κ1) is 39.0. The van der Waals surface area contributed by atoms with E-state index in [4.69, 9.17) is 26.5 Å². The Bertz CT molecular complexity index is 3650. The molecule has 0 saturated carbocycles. The van der Waals surface area contributed by atoms with E-state index in [1.807, 2.05) is 53.8 Å². The molecule has 1 aliphatic rings. The molecule has 0 saturated heterocycles. The molecule has 0 N–H and O–H groups in total. The van der Waals surface area contributed by atoms with Crippen LogP contribution in [-0.4, -0.2) is 24.5 Å². The lowest BCUT2D eigenvalue weighted by Gasteiger charge is -2.34. The van der Waals surface area contributed by atoms with Gasteiger partial charge in [-0.2, -0.15) is 4.57 Å². The fourth-order valence-electron chi connectivity index (χ4n) is 10.5. The van der Waals surface area contributed by atoms with Gasteiger partial charge >= 0.3 is 0 Å². The van der Waals surface area contributed by atoms with E-state index in [2.05, 4.69) is 146 Å². The lowest BCUT2D eigenvalue weighted by molar-refractivity contribution is -0.741. The Labute approximate surface area is 381 Å². The highest BCUT2D eigenvalue weighted by molar-refractivity contribution is 7.26. The fraction of sp³-hybridized carbons (Fsp3) is 0.121. The number of fused-ring (bicyclic) bond motifs is 9. The number of rotatable bonds is 7. The van der Waals surface area contributed by atoms with E-state index in [1.165, 1.54) is 64.8 Å². The van der Waals surface area contributed by atoms with Crippen LogP contribution in [0.25, 0.3) is 110 Å². The predicted molar refractivity (Wildman–Crippen MR) is 269 cm³/mol. The number of hydrogen-bond acceptors (Lipinski definition) is 5. The number of aromatic nitrogens is 6. The quantitative estimate of drug-likeness (QED) is 0.150. The molecule has 0 spiro atoms. The first-order chi connectivity index (χ1) is 31.8. The van der Waals surface area contributed by atoms with Crippen LogP contribution in [0.1, 0.15) is 43.4 Å². The van der Waals surface area contributed by atoms with Gasteiger partial charge in [0.1, 0.15) is 0 Å². The van der Waals surface area contributed by atoms with Crippen LogP contribution in [0.3, 0.4) is 0 Å². The molecule has 0 atom stereocenters. The number of aryl methyl sites for hydroxylation is 2. The van der Waals surface area contributed by atoms with Gasteiger partial charge in [-0.15, -0.1) is 11.3 Å². The molecule has 6 nitrogen and oxygen atoms in total. The second-order valence-corrected chi connectivity index (χ2v) is 18.5. The van der Waals surface area contributed by atoms with E-state index in [-0.39, 0.29) is 5.54 Å². The predicted octanol–water partition coefficient (Wildman–Crippen LogP) is 14.5. The summed E-state index contributed by atoms with van der Waals surface area (Å²) in [6.07, 6.45) is 7.80. The highest BCUT2D eigenvalue weighted by Gasteiger charge is 2.46. The van der Waals surface area contributed by atoms with Gasteiger partial charge in [0.05, 0.1) is 39.4 Å². The van der Waals surface area contributed by atoms with E-state index in [1.54, 1.807) is 12.4 Å². The Morgan fingerprint density at radius 3 is 1.89 bits per heavy atom. The average molecular weight is 858 g/mol. The highest BCUT2D eigenvalue weighted by Crippen LogP contribution is 2.46. The molecule has 1 aliphatic heterocycles. The van der Waals surface area contributed by atoms with Gasteiger partial charge < -0.3 is 0 Å². The molecule has 65 heavy (non-hydrogen) atoms. The normalized spacial score (nSPS) is 13.2. The van der Waals surface area contributed by atoms with Crippen molar-refractivity contribution in [3.05, 3.63) is 187 Å². The van der Waals surface area contributed by atoms with Crippen LogP contribution in [0.5, 0.6) is 0 Å². The lowest BCUT2D eigenvalue weighted by Crippen LogP contribution is -2.59. The molecule has 6 aromatic heterocycles. The van der Waals surface area contributed by atoms with E-state index >= 15 is 0 Å². The van der Waals surface area contributed by atoms with Crippen molar-refractivity contribution in [2.45, 2.75) is 46.1 Å². The Balaban J connectivity index is 1.10. The minimum absolute atomic E-state index is 0.156. The van der Waals surface area contributed by atoms with E-state index < -0.39 is 0 Å². The maximum absolute atomic E-state index is 5.29. The van der Waals surface area contributed by atoms with Crippen LogP contribution in [0.15, 0.2) is 171 Å². The molecule has 7 heterocycles. The zero-order valence-corrected chi connectivity index (χ0v) is 37.6. The van der Waals surface area contributed by atoms with Crippen molar-refractivity contribution in [3.8, 4) is 62.2 Å². The number of thiophene rings is 1. The zero-order valence-electron chi connectivity index (χ0n) is 36.8. The van der Waals surface area contributed by atoms with Gasteiger partial charge in [-0.05, 0) is 114 Å². The van der Waals surface area contributed by atoms with Crippen LogP contribution in [0.4, 0.5) is 0 Å². The van der Waals surface area contributed by atoms with E-state index in [0.29, 0.717) is 5.95 Å². The van der Waals surface area contributed by atoms with Gasteiger partial charge in [0, 0.05) is 73.9 Å². The third-order valence-electron chi connectivity index (χ3n) is 13.7. The van der Waals surface area contributed by atoms with Crippen LogP contribution < -0.4 is 4.57 Å². The number of hydrogen-bond donors (Lipinski definition) is 0. The zero-order chi connectivity index (χ0) is 44.0. The topological polar surface area (TPSA) is 60.4 Å². The maximum atomic E-state index is 5.29. The van der Waals surface area contributed by atoms with Gasteiger partial charge in [-0.25, -0.2) is 9.97 Å². The third kappa shape index (κ3) is 6.17. The molecule has 11 aromatic rings. The minimum atomic E-state index is -0.156. The highest BCUT2D eigenvalue weighted by atomic mass is 32.1. The largest absolute Gasteiger partial charge is 0.278 e. The maximum Gasteiger partial charge on any atom is 0.235 e. The Morgan fingerprint density at radius 1 is 0.538 bits per heavy atom. The summed E-state index contributed by atoms with van der Waals surface area (Å²) in [4.78, 5) is 20.0. The molecule has 7 heteroatoms. The van der Waals surface area contributed by atoms with Crippen molar-refractivity contribution in [1.82, 2.24) is 24.5 Å². The first-order valence-corrected chi connectivity index (χ1v) is 23.2. The third-order valence-corrected chi connectivity index (χ3v) is 14.8. The fourth-order valence-corrected chi connectivity index (χ4v) is 11.6. The molecule has 12 rings (SSSR count). The Kier molecular flexibility index (Phi) is 9.00. The van der Waals surface area contributed by atoms with Crippen molar-refractivity contribution >= 4 is 58.9 Å². The summed E-state index contributed by atoms with van der Waals surface area (Å²) >= 11 is 1.83. The van der Waals surface area contributed by atoms with Crippen LogP contribution in [-0.2, 0) is 5.54 Å². The lowest BCUT2D eigenvalue weighted by atomic mass is 9.75. The van der Waals surface area contributed by atoms with Crippen molar-refractivity contribution < 1.29 is 4.57 Å². The monoisotopic (exact) mass is 857 g/mol. The molecule has 0 amide bonds. The number of benzene rings is 5. The summed E-state index contributed by atoms with van der Waals surface area (Å²) in [5.41, 5.74) is 17.1. The Morgan fingerprint density at radius 2 is 1.18 bits per heavy atom. The number of nitrogens with zero attached hydrogens (tertiary/aromatic N) is 6. The van der Waals surface area contributed by atoms with Gasteiger partial charge in [-0.1, -0.05) is 92.2 Å². The molecule has 0 unspecified atom stereocenters. The number of pyridine rings is 3. The van der Waals surface area contributed by atoms with Crippen LogP contribution >= 0.6 is 11.3 Å². The van der Waals surface area contributed by atoms with E-state index in [0.717, 1.165) is 68.6 Å². The Hall–Kier alpha value is -7.61. The van der Waals surface area contributed by atoms with Crippen molar-refractivity contribution in [2.75, 3.05) is 0 Å². The van der Waals surface area contributed by atoms with Crippen molar-refractivity contribution in [1.29, 1.82) is 0 Å². The van der Waals surface area contributed by atoms with Gasteiger partial charge in [0.2, 0.25) is 11.6 Å². The molecule has 0 radical (unpaired) electrons. The summed E-state index contributed by atoms with van der Waals surface area (Å²) in [7, 11) is 0. The summed E-state index contributed by atoms with van der Waals surface area (Å²) in [5, 5.41) is 4.76. The summed E-state index contributed by atoms with van der Waals surface area (Å²) in [6, 6.07) is 52.6. The molecular weight excluding hydrogens is 813 g/mol. The van der Waals surface area contributed by atoms with Gasteiger partial charge in [0.25, 0.3) is 0 Å². The summed E-state index contributed by atoms with van der Waals surface area (Å²) in [5.74, 6) is 0.565. The van der Waals surface area contributed by atoms with Crippen molar-refractivity contribution in [2.24, 2.45) is 0 Å². The smallest absolute Gasteiger partial charge is 0.235 e.